The van der Waals surface area contributed by atoms with Gasteiger partial charge in [0.1, 0.15) is 15.7 Å². The zero-order valence-electron chi connectivity index (χ0n) is 12.7. The van der Waals surface area contributed by atoms with E-state index in [0.29, 0.717) is 15.8 Å². The molecule has 2 aromatic heterocycles. The molecule has 2 heterocycles. The van der Waals surface area contributed by atoms with E-state index in [0.717, 1.165) is 0 Å². The highest BCUT2D eigenvalue weighted by Gasteiger charge is 2.24. The van der Waals surface area contributed by atoms with Crippen LogP contribution in [0, 0.1) is 5.41 Å². The SMILES string of the molecule is COC(=O)c1cn(COC(=O)C(C)(C)C)c2ncc(Br)nc12. The molecule has 0 unspecified atom stereocenters. The Morgan fingerprint density at radius 3 is 2.64 bits per heavy atom. The third kappa shape index (κ3) is 3.27. The minimum atomic E-state index is -0.608. The second-order valence-electron chi connectivity index (χ2n) is 5.68. The van der Waals surface area contributed by atoms with E-state index in [1.54, 1.807) is 25.3 Å². The van der Waals surface area contributed by atoms with E-state index in [4.69, 9.17) is 9.47 Å². The third-order valence-corrected chi connectivity index (χ3v) is 3.27. The van der Waals surface area contributed by atoms with Gasteiger partial charge in [-0.15, -0.1) is 0 Å². The Morgan fingerprint density at radius 2 is 2.05 bits per heavy atom. The molecule has 0 aliphatic rings. The molecule has 0 bridgehead atoms. The first-order valence-corrected chi connectivity index (χ1v) is 7.30. The van der Waals surface area contributed by atoms with Crippen LogP contribution in [0.4, 0.5) is 0 Å². The van der Waals surface area contributed by atoms with Crippen LogP contribution in [-0.4, -0.2) is 33.6 Å². The number of carbonyl (C=O) groups excluding carboxylic acids is 2. The van der Waals surface area contributed by atoms with E-state index >= 15 is 0 Å². The smallest absolute Gasteiger partial charge is 0.341 e. The van der Waals surface area contributed by atoms with Gasteiger partial charge in [-0.1, -0.05) is 0 Å². The van der Waals surface area contributed by atoms with E-state index in [1.807, 2.05) is 0 Å². The fraction of sp³-hybridized carbons (Fsp3) is 0.429. The molecule has 118 valence electrons. The molecule has 0 atom stereocenters. The highest BCUT2D eigenvalue weighted by Crippen LogP contribution is 2.22. The molecule has 7 nitrogen and oxygen atoms in total. The lowest BCUT2D eigenvalue weighted by Gasteiger charge is -2.16. The number of methoxy groups -OCH3 is 1. The summed E-state index contributed by atoms with van der Waals surface area (Å²) in [6.45, 7) is 5.24. The predicted octanol–water partition coefficient (Wildman–Crippen LogP) is 2.53. The zero-order chi connectivity index (χ0) is 16.5. The van der Waals surface area contributed by atoms with Crippen molar-refractivity contribution in [1.82, 2.24) is 14.5 Å². The summed E-state index contributed by atoms with van der Waals surface area (Å²) in [7, 11) is 1.29. The van der Waals surface area contributed by atoms with Crippen LogP contribution in [0.15, 0.2) is 17.0 Å². The highest BCUT2D eigenvalue weighted by atomic mass is 79.9. The number of halogens is 1. The number of carbonyl (C=O) groups is 2. The van der Waals surface area contributed by atoms with Crippen LogP contribution < -0.4 is 0 Å². The molecule has 8 heteroatoms. The van der Waals surface area contributed by atoms with Crippen molar-refractivity contribution >= 4 is 39.0 Å². The lowest BCUT2D eigenvalue weighted by atomic mass is 9.98. The Labute approximate surface area is 135 Å². The van der Waals surface area contributed by atoms with E-state index in [2.05, 4.69) is 25.9 Å². The van der Waals surface area contributed by atoms with Crippen LogP contribution in [0.25, 0.3) is 11.2 Å². The van der Waals surface area contributed by atoms with Crippen LogP contribution in [0.3, 0.4) is 0 Å². The largest absolute Gasteiger partial charge is 0.465 e. The van der Waals surface area contributed by atoms with Crippen molar-refractivity contribution in [2.75, 3.05) is 7.11 Å². The van der Waals surface area contributed by atoms with Gasteiger partial charge in [-0.2, -0.15) is 0 Å². The van der Waals surface area contributed by atoms with E-state index in [9.17, 15) is 9.59 Å². The van der Waals surface area contributed by atoms with Crippen LogP contribution in [0.5, 0.6) is 0 Å². The lowest BCUT2D eigenvalue weighted by molar-refractivity contribution is -0.156. The molecule has 0 radical (unpaired) electrons. The molecule has 22 heavy (non-hydrogen) atoms. The summed E-state index contributed by atoms with van der Waals surface area (Å²) < 4.78 is 12.0. The van der Waals surface area contributed by atoms with Gasteiger partial charge in [0.05, 0.1) is 18.7 Å². The standard InChI is InChI=1S/C14H16BrN3O4/c1-14(2,3)13(20)22-7-18-6-8(12(19)21-4)10-11(18)16-5-9(15)17-10/h5-6H,7H2,1-4H3. The average molecular weight is 370 g/mol. The van der Waals surface area contributed by atoms with Gasteiger partial charge < -0.3 is 9.47 Å². The number of hydrogen-bond donors (Lipinski definition) is 0. The van der Waals surface area contributed by atoms with Crippen LogP contribution in [0.2, 0.25) is 0 Å². The molecule has 0 spiro atoms. The summed E-state index contributed by atoms with van der Waals surface area (Å²) in [6, 6.07) is 0. The molecular formula is C14H16BrN3O4. The van der Waals surface area contributed by atoms with Gasteiger partial charge in [0.25, 0.3) is 0 Å². The summed E-state index contributed by atoms with van der Waals surface area (Å²) in [5.41, 5.74) is 0.472. The van der Waals surface area contributed by atoms with Gasteiger partial charge in [0.15, 0.2) is 12.4 Å². The minimum Gasteiger partial charge on any atom is -0.465 e. The Balaban J connectivity index is 2.38. The van der Waals surface area contributed by atoms with Gasteiger partial charge in [-0.05, 0) is 36.7 Å². The summed E-state index contributed by atoms with van der Waals surface area (Å²) in [5.74, 6) is -0.877. The summed E-state index contributed by atoms with van der Waals surface area (Å²) in [4.78, 5) is 32.1. The second-order valence-corrected chi connectivity index (χ2v) is 6.49. The van der Waals surface area contributed by atoms with Crippen molar-refractivity contribution in [2.45, 2.75) is 27.5 Å². The number of nitrogens with zero attached hydrogens (tertiary/aromatic N) is 3. The number of ether oxygens (including phenoxy) is 2. The van der Waals surface area contributed by atoms with Crippen molar-refractivity contribution in [2.24, 2.45) is 5.41 Å². The van der Waals surface area contributed by atoms with E-state index in [-0.39, 0.29) is 18.3 Å². The minimum absolute atomic E-state index is 0.0556. The van der Waals surface area contributed by atoms with E-state index < -0.39 is 11.4 Å². The van der Waals surface area contributed by atoms with Gasteiger partial charge >= 0.3 is 11.9 Å². The molecule has 2 rings (SSSR count). The van der Waals surface area contributed by atoms with Gasteiger partial charge in [-0.3, -0.25) is 9.36 Å². The Kier molecular flexibility index (Phi) is 4.50. The number of esters is 2. The first-order chi connectivity index (χ1) is 10.2. The van der Waals surface area contributed by atoms with Gasteiger partial charge in [0, 0.05) is 6.20 Å². The normalized spacial score (nSPS) is 11.5. The first-order valence-electron chi connectivity index (χ1n) is 6.51. The number of hydrogen-bond acceptors (Lipinski definition) is 6. The highest BCUT2D eigenvalue weighted by molar-refractivity contribution is 9.10. The van der Waals surface area contributed by atoms with Gasteiger partial charge in [-0.25, -0.2) is 14.8 Å². The maximum absolute atomic E-state index is 11.9. The quantitative estimate of drug-likeness (QED) is 0.773. The molecule has 2 aromatic rings. The zero-order valence-corrected chi connectivity index (χ0v) is 14.3. The molecule has 0 saturated carbocycles. The van der Waals surface area contributed by atoms with Gasteiger partial charge in [0.2, 0.25) is 0 Å². The Morgan fingerprint density at radius 1 is 1.36 bits per heavy atom. The fourth-order valence-electron chi connectivity index (χ4n) is 1.73. The monoisotopic (exact) mass is 369 g/mol. The summed E-state index contributed by atoms with van der Waals surface area (Å²) >= 11 is 3.21. The molecule has 0 aromatic carbocycles. The van der Waals surface area contributed by atoms with E-state index in [1.165, 1.54) is 19.5 Å². The summed E-state index contributed by atoms with van der Waals surface area (Å²) in [5, 5.41) is 0. The van der Waals surface area contributed by atoms with Crippen LogP contribution in [0.1, 0.15) is 31.1 Å². The van der Waals surface area contributed by atoms with Crippen molar-refractivity contribution in [1.29, 1.82) is 0 Å². The maximum Gasteiger partial charge on any atom is 0.341 e. The maximum atomic E-state index is 11.9. The first kappa shape index (κ1) is 16.4. The number of aromatic nitrogens is 3. The Bertz CT molecular complexity index is 733. The molecular weight excluding hydrogens is 354 g/mol. The van der Waals surface area contributed by atoms with Crippen molar-refractivity contribution in [3.8, 4) is 0 Å². The topological polar surface area (TPSA) is 83.3 Å². The van der Waals surface area contributed by atoms with Crippen LogP contribution in [-0.2, 0) is 21.0 Å². The molecule has 0 fully saturated rings. The third-order valence-electron chi connectivity index (χ3n) is 2.89. The van der Waals surface area contributed by atoms with Crippen molar-refractivity contribution in [3.05, 3.63) is 22.6 Å². The van der Waals surface area contributed by atoms with Crippen molar-refractivity contribution < 1.29 is 19.1 Å². The fourth-order valence-corrected chi connectivity index (χ4v) is 2.01. The summed E-state index contributed by atoms with van der Waals surface area (Å²) in [6.07, 6.45) is 3.02. The average Bonchev–Trinajstić information content (AvgIpc) is 2.80. The Hall–Kier alpha value is -1.96. The molecule has 0 N–H and O–H groups in total. The molecule has 0 aliphatic carbocycles. The van der Waals surface area contributed by atoms with Crippen molar-refractivity contribution in [3.63, 3.8) is 0 Å². The molecule has 0 saturated heterocycles. The number of fused-ring (bicyclic) bond motifs is 1. The predicted molar refractivity (Wildman–Crippen MR) is 82.1 cm³/mol. The van der Waals surface area contributed by atoms with Crippen LogP contribution >= 0.6 is 15.9 Å². The second kappa shape index (κ2) is 6.04. The molecule has 0 aliphatic heterocycles. The molecule has 0 amide bonds. The number of rotatable bonds is 3. The lowest BCUT2D eigenvalue weighted by Crippen LogP contribution is -2.24.